The van der Waals surface area contributed by atoms with E-state index in [4.69, 9.17) is 0 Å². The van der Waals surface area contributed by atoms with Crippen molar-refractivity contribution < 1.29 is 9.90 Å². The topological polar surface area (TPSA) is 40.5 Å². The fourth-order valence-corrected chi connectivity index (χ4v) is 4.69. The van der Waals surface area contributed by atoms with Gasteiger partial charge in [0.05, 0.1) is 5.60 Å². The first-order chi connectivity index (χ1) is 6.70. The van der Waals surface area contributed by atoms with Gasteiger partial charge in [0.2, 0.25) is 0 Å². The molecule has 0 heterocycles. The van der Waals surface area contributed by atoms with Gasteiger partial charge in [-0.3, -0.25) is 0 Å². The van der Waals surface area contributed by atoms with Crippen molar-refractivity contribution in [1.29, 1.82) is 0 Å². The van der Waals surface area contributed by atoms with Crippen molar-refractivity contribution >= 4 is 8.32 Å². The second-order valence-electron chi connectivity index (χ2n) is 6.33. The molecule has 1 unspecified atom stereocenters. The average Bonchev–Trinajstić information content (AvgIpc) is 2.00. The lowest BCUT2D eigenvalue weighted by molar-refractivity contribution is 0.00141. The summed E-state index contributed by atoms with van der Waals surface area (Å²) >= 11 is 0. The molecule has 15 heavy (non-hydrogen) atoms. The minimum Gasteiger partial charge on any atom is -0.432 e. The average molecular weight is 230 g/mol. The van der Waals surface area contributed by atoms with Gasteiger partial charge in [-0.05, 0) is 63.6 Å². The molecule has 0 bridgehead atoms. The molecule has 1 saturated carbocycles. The molecule has 1 aliphatic rings. The molecule has 0 radical (unpaired) electrons. The van der Waals surface area contributed by atoms with Gasteiger partial charge in [0, 0.05) is 0 Å². The molecule has 2 N–H and O–H groups in total. The summed E-state index contributed by atoms with van der Waals surface area (Å²) in [5.41, 5.74) is -0.428. The molecule has 1 atom stereocenters. The lowest BCUT2D eigenvalue weighted by Crippen LogP contribution is -2.35. The van der Waals surface area contributed by atoms with E-state index < -0.39 is 13.9 Å². The molecule has 1 rings (SSSR count). The fourth-order valence-electron chi connectivity index (χ4n) is 2.79. The van der Waals surface area contributed by atoms with Crippen molar-refractivity contribution in [2.75, 3.05) is 0 Å². The van der Waals surface area contributed by atoms with Crippen LogP contribution in [-0.4, -0.2) is 23.8 Å². The van der Waals surface area contributed by atoms with E-state index >= 15 is 0 Å². The van der Waals surface area contributed by atoms with Crippen LogP contribution in [0.1, 0.15) is 39.5 Å². The van der Waals surface area contributed by atoms with Gasteiger partial charge in [-0.15, -0.1) is 0 Å². The Bertz CT molecular complexity index is 198. The molecule has 0 aliphatic heterocycles. The Hall–Kier alpha value is 0.137. The molecule has 0 aromatic rings. The van der Waals surface area contributed by atoms with E-state index in [1.807, 2.05) is 20.0 Å². The van der Waals surface area contributed by atoms with Crippen molar-refractivity contribution in [2.45, 2.75) is 64.3 Å². The van der Waals surface area contributed by atoms with Crippen LogP contribution < -0.4 is 0 Å². The number of hydrogen-bond donors (Lipinski definition) is 2. The van der Waals surface area contributed by atoms with Gasteiger partial charge in [0.15, 0.2) is 8.32 Å². The lowest BCUT2D eigenvalue weighted by atomic mass is 9.75. The third-order valence-corrected chi connectivity index (χ3v) is 5.38. The highest BCUT2D eigenvalue weighted by Crippen LogP contribution is 2.37. The van der Waals surface area contributed by atoms with Crippen molar-refractivity contribution in [3.63, 3.8) is 0 Å². The van der Waals surface area contributed by atoms with E-state index in [0.717, 1.165) is 31.7 Å². The van der Waals surface area contributed by atoms with Crippen molar-refractivity contribution in [1.82, 2.24) is 0 Å². The highest BCUT2D eigenvalue weighted by molar-refractivity contribution is 6.69. The van der Waals surface area contributed by atoms with Gasteiger partial charge in [-0.2, -0.15) is 0 Å². The SMILES string of the molecule is CC(C[Si](C)(C)O)C1CCC(C)(O)CC1. The third kappa shape index (κ3) is 4.66. The monoisotopic (exact) mass is 230 g/mol. The molecule has 2 nitrogen and oxygen atoms in total. The number of hydrogen-bond acceptors (Lipinski definition) is 2. The largest absolute Gasteiger partial charge is 0.432 e. The predicted molar refractivity (Wildman–Crippen MR) is 66.3 cm³/mol. The van der Waals surface area contributed by atoms with Crippen LogP contribution in [0.5, 0.6) is 0 Å². The van der Waals surface area contributed by atoms with Crippen LogP contribution in [0.2, 0.25) is 19.1 Å². The summed E-state index contributed by atoms with van der Waals surface area (Å²) in [6, 6.07) is 1.000. The molecule has 3 heteroatoms. The first kappa shape index (κ1) is 13.2. The Balaban J connectivity index is 2.40. The normalized spacial score (nSPS) is 35.2. The molecular weight excluding hydrogens is 204 g/mol. The maximum absolute atomic E-state index is 9.91. The summed E-state index contributed by atoms with van der Waals surface area (Å²) in [6.45, 7) is 8.24. The standard InChI is InChI=1S/C12H26O2Si/c1-10(9-15(3,4)14)11-5-7-12(2,13)8-6-11/h10-11,13-14H,5-9H2,1-4H3. The summed E-state index contributed by atoms with van der Waals surface area (Å²) in [6.07, 6.45) is 4.10. The van der Waals surface area contributed by atoms with Gasteiger partial charge in [0.25, 0.3) is 0 Å². The fraction of sp³-hybridized carbons (Fsp3) is 1.00. The summed E-state index contributed by atoms with van der Waals surface area (Å²) in [5.74, 6) is 1.33. The number of rotatable bonds is 3. The van der Waals surface area contributed by atoms with Crippen LogP contribution in [0, 0.1) is 11.8 Å². The number of aliphatic hydroxyl groups is 1. The van der Waals surface area contributed by atoms with Crippen LogP contribution >= 0.6 is 0 Å². The molecule has 0 aromatic heterocycles. The highest BCUT2D eigenvalue weighted by Gasteiger charge is 2.33. The quantitative estimate of drug-likeness (QED) is 0.732. The van der Waals surface area contributed by atoms with E-state index in [-0.39, 0.29) is 0 Å². The molecule has 0 amide bonds. The van der Waals surface area contributed by atoms with Crippen LogP contribution in [0.15, 0.2) is 0 Å². The summed E-state index contributed by atoms with van der Waals surface area (Å²) < 4.78 is 0. The second kappa shape index (κ2) is 4.56. The zero-order chi connectivity index (χ0) is 11.7. The van der Waals surface area contributed by atoms with E-state index in [0.29, 0.717) is 11.8 Å². The van der Waals surface area contributed by atoms with Crippen molar-refractivity contribution in [3.8, 4) is 0 Å². The molecular formula is C12H26O2Si. The third-order valence-electron chi connectivity index (χ3n) is 3.73. The molecule has 0 saturated heterocycles. The van der Waals surface area contributed by atoms with Crippen LogP contribution in [0.25, 0.3) is 0 Å². The lowest BCUT2D eigenvalue weighted by Gasteiger charge is -2.37. The summed E-state index contributed by atoms with van der Waals surface area (Å²) in [4.78, 5) is 9.91. The van der Waals surface area contributed by atoms with Crippen LogP contribution in [0.4, 0.5) is 0 Å². The minimum absolute atomic E-state index is 0.428. The van der Waals surface area contributed by atoms with Crippen LogP contribution in [-0.2, 0) is 0 Å². The van der Waals surface area contributed by atoms with Gasteiger partial charge >= 0.3 is 0 Å². The Morgan fingerprint density at radius 3 is 2.20 bits per heavy atom. The molecule has 0 spiro atoms. The Labute approximate surface area is 94.8 Å². The van der Waals surface area contributed by atoms with Gasteiger partial charge < -0.3 is 9.90 Å². The van der Waals surface area contributed by atoms with Gasteiger partial charge in [-0.25, -0.2) is 0 Å². The molecule has 0 aromatic carbocycles. The Kier molecular flexibility index (Phi) is 4.01. The maximum Gasteiger partial charge on any atom is 0.182 e. The van der Waals surface area contributed by atoms with Crippen molar-refractivity contribution in [3.05, 3.63) is 0 Å². The highest BCUT2D eigenvalue weighted by atomic mass is 28.4. The Morgan fingerprint density at radius 2 is 1.80 bits per heavy atom. The first-order valence-corrected chi connectivity index (χ1v) is 9.30. The molecule has 1 fully saturated rings. The minimum atomic E-state index is -1.90. The molecule has 1 aliphatic carbocycles. The van der Waals surface area contributed by atoms with E-state index in [2.05, 4.69) is 6.92 Å². The second-order valence-corrected chi connectivity index (χ2v) is 10.4. The zero-order valence-electron chi connectivity index (χ0n) is 10.6. The summed E-state index contributed by atoms with van der Waals surface area (Å²) in [5, 5.41) is 9.87. The van der Waals surface area contributed by atoms with E-state index in [9.17, 15) is 9.90 Å². The summed E-state index contributed by atoms with van der Waals surface area (Å²) in [7, 11) is -1.90. The van der Waals surface area contributed by atoms with Gasteiger partial charge in [-0.1, -0.05) is 6.92 Å². The predicted octanol–water partition coefficient (Wildman–Crippen LogP) is 2.76. The zero-order valence-corrected chi connectivity index (χ0v) is 11.6. The smallest absolute Gasteiger partial charge is 0.182 e. The Morgan fingerprint density at radius 1 is 1.33 bits per heavy atom. The van der Waals surface area contributed by atoms with Crippen molar-refractivity contribution in [2.24, 2.45) is 11.8 Å². The maximum atomic E-state index is 9.91. The van der Waals surface area contributed by atoms with E-state index in [1.54, 1.807) is 0 Å². The molecule has 90 valence electrons. The van der Waals surface area contributed by atoms with Crippen LogP contribution in [0.3, 0.4) is 0 Å². The van der Waals surface area contributed by atoms with Gasteiger partial charge in [0.1, 0.15) is 0 Å². The van der Waals surface area contributed by atoms with E-state index in [1.165, 1.54) is 0 Å². The first-order valence-electron chi connectivity index (χ1n) is 6.14.